The average Bonchev–Trinajstić information content (AvgIpc) is 3.31. The Morgan fingerprint density at radius 1 is 0.767 bits per heavy atom. The average molecular weight is 397 g/mol. The first-order chi connectivity index (χ1) is 14.6. The molecule has 4 aromatic rings. The fourth-order valence-corrected chi connectivity index (χ4v) is 3.09. The summed E-state index contributed by atoms with van der Waals surface area (Å²) in [5, 5.41) is 9.10. The monoisotopic (exact) mass is 397 g/mol. The number of nitrogens with zero attached hydrogens (tertiary/aromatic N) is 6. The van der Waals surface area contributed by atoms with Crippen molar-refractivity contribution in [1.82, 2.24) is 29.5 Å². The normalized spacial score (nSPS) is 10.8. The molecule has 7 heteroatoms. The number of nitrogens with two attached hydrogens (primary N) is 1. The molecule has 0 aliphatic heterocycles. The van der Waals surface area contributed by atoms with Crippen LogP contribution in [-0.2, 0) is 13.1 Å². The van der Waals surface area contributed by atoms with Crippen LogP contribution in [0.2, 0.25) is 0 Å². The first kappa shape index (κ1) is 19.3. The highest BCUT2D eigenvalue weighted by molar-refractivity contribution is 5.48. The second-order valence-electron chi connectivity index (χ2n) is 6.98. The van der Waals surface area contributed by atoms with Gasteiger partial charge >= 0.3 is 0 Å². The van der Waals surface area contributed by atoms with Crippen molar-refractivity contribution in [3.05, 3.63) is 89.8 Å². The molecule has 4 rings (SSSR count). The van der Waals surface area contributed by atoms with Crippen molar-refractivity contribution in [3.63, 3.8) is 0 Å². The van der Waals surface area contributed by atoms with Gasteiger partial charge in [-0.25, -0.2) is 14.3 Å². The minimum absolute atomic E-state index is 0.326. The third kappa shape index (κ3) is 4.05. The van der Waals surface area contributed by atoms with E-state index in [4.69, 9.17) is 5.73 Å². The number of rotatable bonds is 7. The predicted octanol–water partition coefficient (Wildman–Crippen LogP) is 3.81. The summed E-state index contributed by atoms with van der Waals surface area (Å²) >= 11 is 0. The third-order valence-corrected chi connectivity index (χ3v) is 4.85. The molecule has 0 saturated heterocycles. The maximum absolute atomic E-state index is 6.08. The highest BCUT2D eigenvalue weighted by Gasteiger charge is 2.16. The van der Waals surface area contributed by atoms with Gasteiger partial charge in [0, 0.05) is 0 Å². The number of hydrogen-bond acceptors (Lipinski definition) is 5. The van der Waals surface area contributed by atoms with Crippen LogP contribution in [0, 0.1) is 6.92 Å². The second-order valence-corrected chi connectivity index (χ2v) is 6.98. The standard InChI is InChI=1S/C23H23N7/c1-4-17-6-10-19(11-7-17)14-29-16(3)25-21(27-29)22-26-23(24)30(28-22)15-20-12-8-18(5-2)9-13-20/h4-13H,1-2,14-15H2,3H3,(H2,24,26,28). The summed E-state index contributed by atoms with van der Waals surface area (Å²) < 4.78 is 3.49. The van der Waals surface area contributed by atoms with Crippen LogP contribution < -0.4 is 5.73 Å². The van der Waals surface area contributed by atoms with Gasteiger partial charge in [-0.15, -0.1) is 10.2 Å². The van der Waals surface area contributed by atoms with Crippen molar-refractivity contribution in [1.29, 1.82) is 0 Å². The fraction of sp³-hybridized carbons (Fsp3) is 0.130. The van der Waals surface area contributed by atoms with Gasteiger partial charge in [-0.3, -0.25) is 0 Å². The van der Waals surface area contributed by atoms with E-state index in [2.05, 4.69) is 45.5 Å². The molecule has 30 heavy (non-hydrogen) atoms. The van der Waals surface area contributed by atoms with Crippen molar-refractivity contribution in [2.24, 2.45) is 0 Å². The number of anilines is 1. The van der Waals surface area contributed by atoms with Crippen molar-refractivity contribution in [3.8, 4) is 11.6 Å². The van der Waals surface area contributed by atoms with E-state index in [1.807, 2.05) is 60.2 Å². The highest BCUT2D eigenvalue weighted by atomic mass is 15.4. The third-order valence-electron chi connectivity index (χ3n) is 4.85. The van der Waals surface area contributed by atoms with Gasteiger partial charge in [-0.2, -0.15) is 4.98 Å². The fourth-order valence-electron chi connectivity index (χ4n) is 3.09. The molecule has 0 bridgehead atoms. The molecule has 0 unspecified atom stereocenters. The van der Waals surface area contributed by atoms with Gasteiger partial charge in [0.05, 0.1) is 13.1 Å². The molecule has 2 aromatic carbocycles. The summed E-state index contributed by atoms with van der Waals surface area (Å²) in [6.07, 6.45) is 3.63. The van der Waals surface area contributed by atoms with Crippen molar-refractivity contribution < 1.29 is 0 Å². The predicted molar refractivity (Wildman–Crippen MR) is 119 cm³/mol. The van der Waals surface area contributed by atoms with E-state index < -0.39 is 0 Å². The lowest BCUT2D eigenvalue weighted by Gasteiger charge is -2.03. The van der Waals surface area contributed by atoms with Gasteiger partial charge in [0.15, 0.2) is 0 Å². The minimum Gasteiger partial charge on any atom is -0.368 e. The Morgan fingerprint density at radius 2 is 1.23 bits per heavy atom. The first-order valence-electron chi connectivity index (χ1n) is 9.60. The molecule has 0 aliphatic rings. The highest BCUT2D eigenvalue weighted by Crippen LogP contribution is 2.16. The van der Waals surface area contributed by atoms with Crippen molar-refractivity contribution >= 4 is 18.1 Å². The van der Waals surface area contributed by atoms with Gasteiger partial charge in [0.2, 0.25) is 17.6 Å². The zero-order chi connectivity index (χ0) is 21.1. The summed E-state index contributed by atoms with van der Waals surface area (Å²) in [6, 6.07) is 16.2. The largest absolute Gasteiger partial charge is 0.368 e. The van der Waals surface area contributed by atoms with Crippen LogP contribution in [0.4, 0.5) is 5.95 Å². The number of benzene rings is 2. The van der Waals surface area contributed by atoms with Crippen LogP contribution >= 0.6 is 0 Å². The Labute approximate surface area is 175 Å². The number of aromatic nitrogens is 6. The summed E-state index contributed by atoms with van der Waals surface area (Å²) in [7, 11) is 0. The van der Waals surface area contributed by atoms with E-state index in [0.29, 0.717) is 30.7 Å². The molecule has 0 radical (unpaired) electrons. The number of nitrogen functional groups attached to an aromatic ring is 1. The molecular formula is C23H23N7. The molecule has 2 heterocycles. The SMILES string of the molecule is C=Cc1ccc(Cn2nc(-c3nc(N)n(Cc4ccc(C=C)cc4)n3)nc2C)cc1. The van der Waals surface area contributed by atoms with Crippen LogP contribution in [0.25, 0.3) is 23.8 Å². The van der Waals surface area contributed by atoms with E-state index in [1.54, 1.807) is 4.68 Å². The molecule has 0 amide bonds. The lowest BCUT2D eigenvalue weighted by molar-refractivity contribution is 0.660. The number of aryl methyl sites for hydroxylation is 1. The van der Waals surface area contributed by atoms with E-state index in [-0.39, 0.29) is 0 Å². The first-order valence-corrected chi connectivity index (χ1v) is 9.60. The molecule has 7 nitrogen and oxygen atoms in total. The Balaban J connectivity index is 1.54. The lowest BCUT2D eigenvalue weighted by atomic mass is 10.1. The molecule has 0 atom stereocenters. The summed E-state index contributed by atoms with van der Waals surface area (Å²) in [4.78, 5) is 8.88. The Hall–Kier alpha value is -4.00. The molecule has 150 valence electrons. The van der Waals surface area contributed by atoms with Gasteiger partial charge in [-0.05, 0) is 29.2 Å². The smallest absolute Gasteiger partial charge is 0.222 e. The summed E-state index contributed by atoms with van der Waals surface area (Å²) in [5.41, 5.74) is 10.4. The Bertz CT molecular complexity index is 1090. The van der Waals surface area contributed by atoms with E-state index >= 15 is 0 Å². The quantitative estimate of drug-likeness (QED) is 0.512. The Morgan fingerprint density at radius 3 is 1.77 bits per heavy atom. The molecule has 0 aliphatic carbocycles. The maximum Gasteiger partial charge on any atom is 0.222 e. The lowest BCUT2D eigenvalue weighted by Crippen LogP contribution is -2.06. The molecule has 2 aromatic heterocycles. The van der Waals surface area contributed by atoms with Gasteiger partial charge in [0.1, 0.15) is 5.82 Å². The van der Waals surface area contributed by atoms with Crippen LogP contribution in [0.15, 0.2) is 61.7 Å². The van der Waals surface area contributed by atoms with Gasteiger partial charge in [-0.1, -0.05) is 73.8 Å². The number of hydrogen-bond donors (Lipinski definition) is 1. The molecule has 2 N–H and O–H groups in total. The zero-order valence-electron chi connectivity index (χ0n) is 16.9. The topological polar surface area (TPSA) is 87.4 Å². The maximum atomic E-state index is 6.08. The molecular weight excluding hydrogens is 374 g/mol. The summed E-state index contributed by atoms with van der Waals surface area (Å²) in [5.74, 6) is 1.99. The van der Waals surface area contributed by atoms with Crippen molar-refractivity contribution in [2.75, 3.05) is 5.73 Å². The molecule has 0 spiro atoms. The molecule has 0 saturated carbocycles. The van der Waals surface area contributed by atoms with Crippen LogP contribution in [-0.4, -0.2) is 29.5 Å². The van der Waals surface area contributed by atoms with Gasteiger partial charge < -0.3 is 5.73 Å². The van der Waals surface area contributed by atoms with Crippen LogP contribution in [0.3, 0.4) is 0 Å². The van der Waals surface area contributed by atoms with E-state index in [0.717, 1.165) is 28.1 Å². The van der Waals surface area contributed by atoms with E-state index in [1.165, 1.54) is 0 Å². The van der Waals surface area contributed by atoms with Gasteiger partial charge in [0.25, 0.3) is 0 Å². The van der Waals surface area contributed by atoms with E-state index in [9.17, 15) is 0 Å². The second kappa shape index (κ2) is 8.16. The van der Waals surface area contributed by atoms with Crippen LogP contribution in [0.5, 0.6) is 0 Å². The summed E-state index contributed by atoms with van der Waals surface area (Å²) in [6.45, 7) is 10.6. The zero-order valence-corrected chi connectivity index (χ0v) is 16.9. The molecule has 0 fully saturated rings. The Kier molecular flexibility index (Phi) is 5.26. The van der Waals surface area contributed by atoms with Crippen LogP contribution in [0.1, 0.15) is 28.1 Å². The minimum atomic E-state index is 0.326. The van der Waals surface area contributed by atoms with Crippen molar-refractivity contribution in [2.45, 2.75) is 20.0 Å².